The molecule has 4 bridgehead atoms. The van der Waals surface area contributed by atoms with Crippen LogP contribution in [-0.4, -0.2) is 35.1 Å². The van der Waals surface area contributed by atoms with Gasteiger partial charge in [-0.15, -0.1) is 0 Å². The fourth-order valence-electron chi connectivity index (χ4n) is 5.77. The number of esters is 1. The molecule has 1 aromatic carbocycles. The third-order valence-corrected chi connectivity index (χ3v) is 6.29. The lowest BCUT2D eigenvalue weighted by atomic mass is 9.48. The fourth-order valence-corrected chi connectivity index (χ4v) is 5.77. The zero-order chi connectivity index (χ0) is 19.9. The molecule has 1 aromatic rings. The van der Waals surface area contributed by atoms with Crippen LogP contribution in [-0.2, 0) is 19.1 Å². The standard InChI is InChI=1S/C21H26N2O5/c1-13(24)22-16-2-4-17(5-3-16)23-18(25)11-28-19(26)20-7-14-6-15(8-20)10-21(27,9-14)12-20/h2-5,14-15,27H,6-12H2,1H3,(H,22,24)(H,23,25). The number of carbonyl (C=O) groups excluding carboxylic acids is 3. The van der Waals surface area contributed by atoms with Crippen LogP contribution in [0.1, 0.15) is 45.4 Å². The molecule has 0 aliphatic heterocycles. The van der Waals surface area contributed by atoms with Gasteiger partial charge in [-0.1, -0.05) is 0 Å². The van der Waals surface area contributed by atoms with Gasteiger partial charge in [-0.3, -0.25) is 14.4 Å². The molecule has 7 nitrogen and oxygen atoms in total. The van der Waals surface area contributed by atoms with E-state index in [1.165, 1.54) is 6.92 Å². The number of ether oxygens (including phenoxy) is 1. The van der Waals surface area contributed by atoms with Crippen LogP contribution in [0.2, 0.25) is 0 Å². The van der Waals surface area contributed by atoms with Crippen molar-refractivity contribution in [3.05, 3.63) is 24.3 Å². The summed E-state index contributed by atoms with van der Waals surface area (Å²) in [5, 5.41) is 16.1. The summed E-state index contributed by atoms with van der Waals surface area (Å²) in [6.07, 6.45) is 4.64. The van der Waals surface area contributed by atoms with Crippen molar-refractivity contribution < 1.29 is 24.2 Å². The van der Waals surface area contributed by atoms with E-state index in [1.807, 2.05) is 0 Å². The second-order valence-electron chi connectivity index (χ2n) is 8.85. The van der Waals surface area contributed by atoms with Gasteiger partial charge >= 0.3 is 5.97 Å². The lowest BCUT2D eigenvalue weighted by molar-refractivity contribution is -0.196. The zero-order valence-electron chi connectivity index (χ0n) is 16.0. The number of rotatable bonds is 5. The van der Waals surface area contributed by atoms with Gasteiger partial charge in [0.25, 0.3) is 5.91 Å². The Morgan fingerprint density at radius 1 is 1.04 bits per heavy atom. The van der Waals surface area contributed by atoms with E-state index >= 15 is 0 Å². The Morgan fingerprint density at radius 3 is 2.14 bits per heavy atom. The number of carbonyl (C=O) groups is 3. The first kappa shape index (κ1) is 18.9. The molecule has 4 aliphatic rings. The largest absolute Gasteiger partial charge is 0.455 e. The minimum Gasteiger partial charge on any atom is -0.455 e. The molecule has 2 unspecified atom stereocenters. The first-order chi connectivity index (χ1) is 13.3. The third kappa shape index (κ3) is 3.76. The average molecular weight is 386 g/mol. The number of benzene rings is 1. The van der Waals surface area contributed by atoms with Crippen LogP contribution in [0.5, 0.6) is 0 Å². The lowest BCUT2D eigenvalue weighted by Gasteiger charge is -2.58. The molecule has 4 fully saturated rings. The van der Waals surface area contributed by atoms with Gasteiger partial charge in [-0.05, 0) is 74.6 Å². The van der Waals surface area contributed by atoms with Crippen LogP contribution >= 0.6 is 0 Å². The van der Waals surface area contributed by atoms with Crippen LogP contribution < -0.4 is 10.6 Å². The molecule has 0 radical (unpaired) electrons. The van der Waals surface area contributed by atoms with E-state index in [-0.39, 0.29) is 18.5 Å². The van der Waals surface area contributed by atoms with Crippen LogP contribution in [0.15, 0.2) is 24.3 Å². The maximum absolute atomic E-state index is 12.8. The Bertz CT molecular complexity index is 790. The van der Waals surface area contributed by atoms with Crippen molar-refractivity contribution in [2.75, 3.05) is 17.2 Å². The van der Waals surface area contributed by atoms with Crippen LogP contribution in [0.25, 0.3) is 0 Å². The average Bonchev–Trinajstić information content (AvgIpc) is 2.59. The number of nitrogens with one attached hydrogen (secondary N) is 2. The summed E-state index contributed by atoms with van der Waals surface area (Å²) < 4.78 is 5.36. The van der Waals surface area contributed by atoms with Crippen molar-refractivity contribution in [3.63, 3.8) is 0 Å². The number of amides is 2. The Kier molecular flexibility index (Phi) is 4.65. The highest BCUT2D eigenvalue weighted by atomic mass is 16.5. The molecule has 2 atom stereocenters. The monoisotopic (exact) mass is 386 g/mol. The van der Waals surface area contributed by atoms with E-state index in [9.17, 15) is 19.5 Å². The summed E-state index contributed by atoms with van der Waals surface area (Å²) in [5.41, 5.74) is -0.170. The van der Waals surface area contributed by atoms with E-state index < -0.39 is 16.9 Å². The molecule has 0 spiro atoms. The van der Waals surface area contributed by atoms with Gasteiger partial charge in [0, 0.05) is 18.3 Å². The second kappa shape index (κ2) is 6.88. The highest BCUT2D eigenvalue weighted by molar-refractivity contribution is 5.94. The maximum Gasteiger partial charge on any atom is 0.312 e. The number of hydrogen-bond donors (Lipinski definition) is 3. The summed E-state index contributed by atoms with van der Waals surface area (Å²) in [5.74, 6) is -0.164. The second-order valence-corrected chi connectivity index (χ2v) is 8.85. The highest BCUT2D eigenvalue weighted by Gasteiger charge is 2.60. The van der Waals surface area contributed by atoms with Gasteiger partial charge in [0.05, 0.1) is 11.0 Å². The van der Waals surface area contributed by atoms with E-state index in [0.29, 0.717) is 29.6 Å². The van der Waals surface area contributed by atoms with Crippen molar-refractivity contribution in [3.8, 4) is 0 Å². The minimum atomic E-state index is -0.735. The molecule has 0 saturated heterocycles. The minimum absolute atomic E-state index is 0.168. The third-order valence-electron chi connectivity index (χ3n) is 6.29. The number of anilines is 2. The predicted molar refractivity (Wildman–Crippen MR) is 102 cm³/mol. The Morgan fingerprint density at radius 2 is 1.61 bits per heavy atom. The summed E-state index contributed by atoms with van der Waals surface area (Å²) in [6.45, 7) is 1.08. The van der Waals surface area contributed by atoms with Gasteiger partial charge in [0.1, 0.15) is 0 Å². The van der Waals surface area contributed by atoms with Crippen LogP contribution in [0.3, 0.4) is 0 Å². The smallest absolute Gasteiger partial charge is 0.312 e. The van der Waals surface area contributed by atoms with Crippen molar-refractivity contribution >= 4 is 29.2 Å². The molecule has 28 heavy (non-hydrogen) atoms. The van der Waals surface area contributed by atoms with E-state index in [0.717, 1.165) is 32.1 Å². The fraction of sp³-hybridized carbons (Fsp3) is 0.571. The van der Waals surface area contributed by atoms with Gasteiger partial charge in [0.15, 0.2) is 6.61 Å². The molecular weight excluding hydrogens is 360 g/mol. The quantitative estimate of drug-likeness (QED) is 0.674. The van der Waals surface area contributed by atoms with Crippen molar-refractivity contribution in [2.24, 2.45) is 17.3 Å². The topological polar surface area (TPSA) is 105 Å². The summed E-state index contributed by atoms with van der Waals surface area (Å²) >= 11 is 0. The lowest BCUT2D eigenvalue weighted by Crippen LogP contribution is -2.58. The van der Waals surface area contributed by atoms with Crippen molar-refractivity contribution in [2.45, 2.75) is 51.0 Å². The summed E-state index contributed by atoms with van der Waals surface area (Å²) in [4.78, 5) is 36.0. The normalized spacial score (nSPS) is 32.6. The zero-order valence-corrected chi connectivity index (χ0v) is 16.0. The predicted octanol–water partition coefficient (Wildman–Crippen LogP) is 2.46. The van der Waals surface area contributed by atoms with Crippen molar-refractivity contribution in [1.82, 2.24) is 0 Å². The van der Waals surface area contributed by atoms with Crippen LogP contribution in [0.4, 0.5) is 11.4 Å². The van der Waals surface area contributed by atoms with Gasteiger partial charge in [0.2, 0.25) is 5.91 Å². The van der Waals surface area contributed by atoms with E-state index in [4.69, 9.17) is 4.74 Å². The Labute approximate surface area is 163 Å². The Hall–Kier alpha value is -2.41. The maximum atomic E-state index is 12.8. The molecule has 5 rings (SSSR count). The SMILES string of the molecule is CC(=O)Nc1ccc(NC(=O)COC(=O)C23CC4CC(CC(O)(C4)C2)C3)cc1. The van der Waals surface area contributed by atoms with Crippen molar-refractivity contribution in [1.29, 1.82) is 0 Å². The molecule has 0 aromatic heterocycles. The van der Waals surface area contributed by atoms with Gasteiger partial charge in [-0.25, -0.2) is 0 Å². The van der Waals surface area contributed by atoms with Gasteiger partial charge < -0.3 is 20.5 Å². The first-order valence-electron chi connectivity index (χ1n) is 9.82. The van der Waals surface area contributed by atoms with E-state index in [2.05, 4.69) is 10.6 Å². The molecule has 7 heteroatoms. The molecule has 4 aliphatic carbocycles. The molecule has 3 N–H and O–H groups in total. The van der Waals surface area contributed by atoms with E-state index in [1.54, 1.807) is 24.3 Å². The molecule has 4 saturated carbocycles. The first-order valence-corrected chi connectivity index (χ1v) is 9.82. The summed E-state index contributed by atoms with van der Waals surface area (Å²) in [7, 11) is 0. The number of hydrogen-bond acceptors (Lipinski definition) is 5. The molecule has 150 valence electrons. The highest BCUT2D eigenvalue weighted by Crippen LogP contribution is 2.61. The molecular formula is C21H26N2O5. The summed E-state index contributed by atoms with van der Waals surface area (Å²) in [6, 6.07) is 6.69. The Balaban J connectivity index is 1.31. The van der Waals surface area contributed by atoms with Gasteiger partial charge in [-0.2, -0.15) is 0 Å². The number of aliphatic hydroxyl groups is 1. The van der Waals surface area contributed by atoms with Crippen LogP contribution in [0, 0.1) is 17.3 Å². The molecule has 0 heterocycles. The molecule has 2 amide bonds.